The SMILES string of the molecule is COC(=O)C1(c2ccccc2)CCN(C(=O)[C@H](C)NC(=O)c2ccoc2)CC1. The maximum absolute atomic E-state index is 12.8. The van der Waals surface area contributed by atoms with Crippen molar-refractivity contribution in [3.63, 3.8) is 0 Å². The van der Waals surface area contributed by atoms with Gasteiger partial charge in [0.25, 0.3) is 5.91 Å². The molecule has 1 aliphatic heterocycles. The molecule has 1 fully saturated rings. The number of esters is 1. The second-order valence-corrected chi connectivity index (χ2v) is 6.97. The maximum atomic E-state index is 12.8. The van der Waals surface area contributed by atoms with E-state index in [4.69, 9.17) is 9.15 Å². The molecule has 1 aromatic heterocycles. The van der Waals surface area contributed by atoms with Crippen LogP contribution in [-0.2, 0) is 19.7 Å². The number of nitrogens with one attached hydrogen (secondary N) is 1. The second-order valence-electron chi connectivity index (χ2n) is 6.97. The number of nitrogens with zero attached hydrogens (tertiary/aromatic N) is 1. The van der Waals surface area contributed by atoms with Gasteiger partial charge in [0.15, 0.2) is 0 Å². The van der Waals surface area contributed by atoms with Crippen LogP contribution in [0.4, 0.5) is 0 Å². The lowest BCUT2D eigenvalue weighted by atomic mass is 9.72. The summed E-state index contributed by atoms with van der Waals surface area (Å²) in [5.74, 6) is -0.824. The van der Waals surface area contributed by atoms with E-state index in [-0.39, 0.29) is 17.8 Å². The van der Waals surface area contributed by atoms with Gasteiger partial charge in [-0.2, -0.15) is 0 Å². The van der Waals surface area contributed by atoms with Gasteiger partial charge in [0.1, 0.15) is 12.3 Å². The van der Waals surface area contributed by atoms with Crippen LogP contribution in [0.25, 0.3) is 0 Å². The Labute approximate surface area is 163 Å². The quantitative estimate of drug-likeness (QED) is 0.798. The topological polar surface area (TPSA) is 88.9 Å². The Kier molecular flexibility index (Phi) is 5.82. The van der Waals surface area contributed by atoms with Crippen LogP contribution in [0.15, 0.2) is 53.3 Å². The minimum atomic E-state index is -0.754. The number of carbonyl (C=O) groups is 3. The number of amides is 2. The number of methoxy groups -OCH3 is 1. The molecule has 1 N–H and O–H groups in total. The number of benzene rings is 1. The molecule has 0 saturated carbocycles. The van der Waals surface area contributed by atoms with Crippen LogP contribution >= 0.6 is 0 Å². The lowest BCUT2D eigenvalue weighted by Gasteiger charge is -2.40. The van der Waals surface area contributed by atoms with Crippen molar-refractivity contribution in [3.05, 3.63) is 60.1 Å². The average molecular weight is 384 g/mol. The molecule has 0 spiro atoms. The van der Waals surface area contributed by atoms with Gasteiger partial charge in [-0.15, -0.1) is 0 Å². The van der Waals surface area contributed by atoms with Crippen LogP contribution in [-0.4, -0.2) is 48.9 Å². The predicted molar refractivity (Wildman–Crippen MR) is 102 cm³/mol. The molecular formula is C21H24N2O5. The van der Waals surface area contributed by atoms with E-state index in [9.17, 15) is 14.4 Å². The Morgan fingerprint density at radius 1 is 1.14 bits per heavy atom. The number of ether oxygens (including phenoxy) is 1. The van der Waals surface area contributed by atoms with Crippen molar-refractivity contribution in [2.75, 3.05) is 20.2 Å². The third-order valence-corrected chi connectivity index (χ3v) is 5.33. The summed E-state index contributed by atoms with van der Waals surface area (Å²) in [6, 6.07) is 10.4. The molecule has 7 nitrogen and oxygen atoms in total. The molecule has 0 aliphatic carbocycles. The molecular weight excluding hydrogens is 360 g/mol. The molecule has 1 aromatic carbocycles. The molecule has 1 atom stereocenters. The van der Waals surface area contributed by atoms with Crippen LogP contribution < -0.4 is 5.32 Å². The van der Waals surface area contributed by atoms with Crippen molar-refractivity contribution in [1.29, 1.82) is 0 Å². The van der Waals surface area contributed by atoms with Gasteiger partial charge < -0.3 is 19.4 Å². The van der Waals surface area contributed by atoms with Crippen LogP contribution in [0.3, 0.4) is 0 Å². The molecule has 3 rings (SSSR count). The number of rotatable bonds is 5. The van der Waals surface area contributed by atoms with Gasteiger partial charge in [0.05, 0.1) is 24.4 Å². The summed E-state index contributed by atoms with van der Waals surface area (Å²) in [4.78, 5) is 39.1. The third-order valence-electron chi connectivity index (χ3n) is 5.33. The van der Waals surface area contributed by atoms with E-state index in [1.54, 1.807) is 11.8 Å². The third kappa shape index (κ3) is 3.78. The van der Waals surface area contributed by atoms with Crippen molar-refractivity contribution in [3.8, 4) is 0 Å². The van der Waals surface area contributed by atoms with Crippen LogP contribution in [0, 0.1) is 0 Å². The smallest absolute Gasteiger partial charge is 0.316 e. The zero-order chi connectivity index (χ0) is 20.1. The molecule has 2 aromatic rings. The Morgan fingerprint density at radius 2 is 1.82 bits per heavy atom. The maximum Gasteiger partial charge on any atom is 0.316 e. The van der Waals surface area contributed by atoms with Gasteiger partial charge in [-0.1, -0.05) is 30.3 Å². The molecule has 0 unspecified atom stereocenters. The lowest BCUT2D eigenvalue weighted by Crippen LogP contribution is -2.53. The fourth-order valence-corrected chi connectivity index (χ4v) is 3.68. The van der Waals surface area contributed by atoms with Crippen LogP contribution in [0.2, 0.25) is 0 Å². The molecule has 1 saturated heterocycles. The highest BCUT2D eigenvalue weighted by atomic mass is 16.5. The fraction of sp³-hybridized carbons (Fsp3) is 0.381. The summed E-state index contributed by atoms with van der Waals surface area (Å²) in [5, 5.41) is 2.68. The second kappa shape index (κ2) is 8.29. The highest BCUT2D eigenvalue weighted by molar-refractivity contribution is 5.97. The minimum Gasteiger partial charge on any atom is -0.472 e. The summed E-state index contributed by atoms with van der Waals surface area (Å²) in [6.07, 6.45) is 3.68. The summed E-state index contributed by atoms with van der Waals surface area (Å²) >= 11 is 0. The first kappa shape index (κ1) is 19.7. The number of carbonyl (C=O) groups excluding carboxylic acids is 3. The summed E-state index contributed by atoms with van der Waals surface area (Å²) in [6.45, 7) is 2.48. The monoisotopic (exact) mass is 384 g/mol. The normalized spacial score (nSPS) is 16.9. The summed E-state index contributed by atoms with van der Waals surface area (Å²) in [5.41, 5.74) is 0.512. The first-order valence-electron chi connectivity index (χ1n) is 9.24. The molecule has 0 radical (unpaired) electrons. The van der Waals surface area contributed by atoms with Gasteiger partial charge in [0, 0.05) is 13.1 Å². The van der Waals surface area contributed by atoms with Crippen LogP contribution in [0.1, 0.15) is 35.7 Å². The molecule has 1 aliphatic rings. The molecule has 0 bridgehead atoms. The van der Waals surface area contributed by atoms with Crippen molar-refractivity contribution in [1.82, 2.24) is 10.2 Å². The van der Waals surface area contributed by atoms with E-state index in [1.165, 1.54) is 25.7 Å². The standard InChI is InChI=1S/C21H24N2O5/c1-15(22-18(24)16-8-13-28-14-16)19(25)23-11-9-21(10-12-23,20(26)27-2)17-6-4-3-5-7-17/h3-8,13-15H,9-12H2,1-2H3,(H,22,24)/t15-/m0/s1. The van der Waals surface area contributed by atoms with Crippen LogP contribution in [0.5, 0.6) is 0 Å². The van der Waals surface area contributed by atoms with Gasteiger partial charge in [-0.25, -0.2) is 0 Å². The van der Waals surface area contributed by atoms with E-state index in [2.05, 4.69) is 5.32 Å². The highest BCUT2D eigenvalue weighted by Crippen LogP contribution is 2.36. The molecule has 7 heteroatoms. The Hall–Kier alpha value is -3.09. The molecule has 2 amide bonds. The van der Waals surface area contributed by atoms with Gasteiger partial charge in [-0.05, 0) is 31.4 Å². The molecule has 28 heavy (non-hydrogen) atoms. The zero-order valence-electron chi connectivity index (χ0n) is 16.0. The largest absolute Gasteiger partial charge is 0.472 e. The van der Waals surface area contributed by atoms with Crippen molar-refractivity contribution in [2.24, 2.45) is 0 Å². The van der Waals surface area contributed by atoms with E-state index in [0.29, 0.717) is 31.5 Å². The number of hydrogen-bond donors (Lipinski definition) is 1. The number of piperidine rings is 1. The van der Waals surface area contributed by atoms with Gasteiger partial charge in [-0.3, -0.25) is 14.4 Å². The Balaban J connectivity index is 1.66. The number of furan rings is 1. The van der Waals surface area contributed by atoms with Crippen molar-refractivity contribution in [2.45, 2.75) is 31.2 Å². The summed E-state index contributed by atoms with van der Waals surface area (Å²) in [7, 11) is 1.39. The molecule has 2 heterocycles. The first-order valence-corrected chi connectivity index (χ1v) is 9.24. The number of likely N-dealkylation sites (tertiary alicyclic amines) is 1. The highest BCUT2D eigenvalue weighted by Gasteiger charge is 2.45. The van der Waals surface area contributed by atoms with Crippen molar-refractivity contribution < 1.29 is 23.5 Å². The zero-order valence-corrected chi connectivity index (χ0v) is 16.0. The van der Waals surface area contributed by atoms with Gasteiger partial charge in [0.2, 0.25) is 5.91 Å². The van der Waals surface area contributed by atoms with E-state index < -0.39 is 11.5 Å². The first-order chi connectivity index (χ1) is 13.5. The minimum absolute atomic E-state index is 0.177. The predicted octanol–water partition coefficient (Wildman–Crippen LogP) is 2.13. The van der Waals surface area contributed by atoms with E-state index in [1.807, 2.05) is 30.3 Å². The van der Waals surface area contributed by atoms with E-state index in [0.717, 1.165) is 5.56 Å². The van der Waals surface area contributed by atoms with Gasteiger partial charge >= 0.3 is 5.97 Å². The average Bonchev–Trinajstić information content (AvgIpc) is 3.28. The fourth-order valence-electron chi connectivity index (χ4n) is 3.68. The lowest BCUT2D eigenvalue weighted by molar-refractivity contribution is -0.151. The Bertz CT molecular complexity index is 824. The van der Waals surface area contributed by atoms with E-state index >= 15 is 0 Å². The molecule has 148 valence electrons. The van der Waals surface area contributed by atoms with Crippen molar-refractivity contribution >= 4 is 17.8 Å². The Morgan fingerprint density at radius 3 is 2.39 bits per heavy atom. The number of hydrogen-bond acceptors (Lipinski definition) is 5. The summed E-state index contributed by atoms with van der Waals surface area (Å²) < 4.78 is 9.97.